The lowest BCUT2D eigenvalue weighted by atomic mass is 10.1. The molecule has 24 heavy (non-hydrogen) atoms. The van der Waals surface area contributed by atoms with Gasteiger partial charge < -0.3 is 5.32 Å². The van der Waals surface area contributed by atoms with E-state index in [9.17, 15) is 4.79 Å². The van der Waals surface area contributed by atoms with Gasteiger partial charge in [0.15, 0.2) is 4.34 Å². The van der Waals surface area contributed by atoms with Gasteiger partial charge in [-0.05, 0) is 17.2 Å². The summed E-state index contributed by atoms with van der Waals surface area (Å²) >= 11 is 9.04. The standard InChI is InChI=1S/C17H14ClN3OS2/c18-14-9-5-4-8-13(14)10-15(22)19-16-20-21-17(24-16)23-11-12-6-2-1-3-7-12/h1-9H,10-11H2,(H,19,20,22). The van der Waals surface area contributed by atoms with E-state index in [1.807, 2.05) is 36.4 Å². The summed E-state index contributed by atoms with van der Waals surface area (Å²) in [4.78, 5) is 12.1. The van der Waals surface area contributed by atoms with Crippen LogP contribution in [0.2, 0.25) is 5.02 Å². The summed E-state index contributed by atoms with van der Waals surface area (Å²) in [5.41, 5.74) is 2.02. The van der Waals surface area contributed by atoms with Gasteiger partial charge in [0.25, 0.3) is 0 Å². The SMILES string of the molecule is O=C(Cc1ccccc1Cl)Nc1nnc(SCc2ccccc2)s1. The molecule has 0 aliphatic rings. The number of rotatable bonds is 6. The maximum atomic E-state index is 12.1. The Morgan fingerprint density at radius 3 is 2.62 bits per heavy atom. The monoisotopic (exact) mass is 375 g/mol. The van der Waals surface area contributed by atoms with E-state index >= 15 is 0 Å². The van der Waals surface area contributed by atoms with E-state index < -0.39 is 0 Å². The maximum Gasteiger partial charge on any atom is 0.230 e. The molecule has 7 heteroatoms. The van der Waals surface area contributed by atoms with Crippen molar-refractivity contribution in [2.45, 2.75) is 16.5 Å². The number of thioether (sulfide) groups is 1. The quantitative estimate of drug-likeness (QED) is 0.502. The van der Waals surface area contributed by atoms with E-state index in [1.165, 1.54) is 16.9 Å². The predicted octanol–water partition coefficient (Wildman–Crippen LogP) is 4.67. The van der Waals surface area contributed by atoms with Gasteiger partial charge in [-0.15, -0.1) is 10.2 Å². The summed E-state index contributed by atoms with van der Waals surface area (Å²) in [5, 5.41) is 12.0. The van der Waals surface area contributed by atoms with Gasteiger partial charge in [-0.1, -0.05) is 83.2 Å². The number of carbonyl (C=O) groups excluding carboxylic acids is 1. The Labute approximate surface area is 153 Å². The fraction of sp³-hybridized carbons (Fsp3) is 0.118. The van der Waals surface area contributed by atoms with Gasteiger partial charge in [-0.25, -0.2) is 0 Å². The molecule has 3 rings (SSSR count). The number of amides is 1. The van der Waals surface area contributed by atoms with Gasteiger partial charge in [-0.3, -0.25) is 4.79 Å². The van der Waals surface area contributed by atoms with Crippen LogP contribution in [-0.4, -0.2) is 16.1 Å². The summed E-state index contributed by atoms with van der Waals surface area (Å²) in [6.07, 6.45) is 0.214. The zero-order valence-corrected chi connectivity index (χ0v) is 15.0. The third-order valence-corrected chi connectivity index (χ3v) is 5.58. The van der Waals surface area contributed by atoms with E-state index in [0.29, 0.717) is 10.2 Å². The molecule has 0 saturated heterocycles. The van der Waals surface area contributed by atoms with Crippen molar-refractivity contribution in [2.75, 3.05) is 5.32 Å². The average molecular weight is 376 g/mol. The van der Waals surface area contributed by atoms with E-state index in [1.54, 1.807) is 17.8 Å². The third kappa shape index (κ3) is 4.80. The Kier molecular flexibility index (Phi) is 5.85. The zero-order valence-electron chi connectivity index (χ0n) is 12.6. The number of halogens is 1. The lowest BCUT2D eigenvalue weighted by Gasteiger charge is -2.03. The van der Waals surface area contributed by atoms with Crippen LogP contribution < -0.4 is 5.32 Å². The number of aromatic nitrogens is 2. The molecular formula is C17H14ClN3OS2. The van der Waals surface area contributed by atoms with Crippen LogP contribution in [0.15, 0.2) is 58.9 Å². The Morgan fingerprint density at radius 2 is 1.83 bits per heavy atom. The number of carbonyl (C=O) groups is 1. The maximum absolute atomic E-state index is 12.1. The lowest BCUT2D eigenvalue weighted by Crippen LogP contribution is -2.14. The minimum absolute atomic E-state index is 0.154. The molecular weight excluding hydrogens is 362 g/mol. The molecule has 0 aliphatic heterocycles. The predicted molar refractivity (Wildman–Crippen MR) is 99.7 cm³/mol. The Hall–Kier alpha value is -1.89. The molecule has 2 aromatic carbocycles. The molecule has 0 fully saturated rings. The molecule has 1 aromatic heterocycles. The number of nitrogens with zero attached hydrogens (tertiary/aromatic N) is 2. The highest BCUT2D eigenvalue weighted by atomic mass is 35.5. The smallest absolute Gasteiger partial charge is 0.230 e. The van der Waals surface area contributed by atoms with Crippen LogP contribution in [0.4, 0.5) is 5.13 Å². The highest BCUT2D eigenvalue weighted by Crippen LogP contribution is 2.28. The summed E-state index contributed by atoms with van der Waals surface area (Å²) in [6, 6.07) is 17.5. The first-order valence-electron chi connectivity index (χ1n) is 7.24. The molecule has 3 aromatic rings. The van der Waals surface area contributed by atoms with Crippen molar-refractivity contribution in [3.63, 3.8) is 0 Å². The first kappa shape index (κ1) is 17.0. The summed E-state index contributed by atoms with van der Waals surface area (Å²) in [7, 11) is 0. The number of benzene rings is 2. The molecule has 0 bridgehead atoms. The molecule has 0 atom stereocenters. The number of anilines is 1. The third-order valence-electron chi connectivity index (χ3n) is 3.17. The Morgan fingerprint density at radius 1 is 1.08 bits per heavy atom. The molecule has 1 heterocycles. The fourth-order valence-electron chi connectivity index (χ4n) is 2.02. The number of hydrogen-bond donors (Lipinski definition) is 1. The Balaban J connectivity index is 1.54. The number of nitrogens with one attached hydrogen (secondary N) is 1. The lowest BCUT2D eigenvalue weighted by molar-refractivity contribution is -0.115. The van der Waals surface area contributed by atoms with E-state index in [4.69, 9.17) is 11.6 Å². The van der Waals surface area contributed by atoms with Crippen molar-refractivity contribution >= 4 is 45.7 Å². The fourth-order valence-corrected chi connectivity index (χ4v) is 3.94. The molecule has 4 nitrogen and oxygen atoms in total. The van der Waals surface area contributed by atoms with E-state index in [0.717, 1.165) is 15.7 Å². The number of hydrogen-bond acceptors (Lipinski definition) is 5. The first-order valence-corrected chi connectivity index (χ1v) is 9.42. The van der Waals surface area contributed by atoms with Crippen LogP contribution >= 0.6 is 34.7 Å². The van der Waals surface area contributed by atoms with Gasteiger partial charge in [0, 0.05) is 10.8 Å². The molecule has 0 radical (unpaired) electrons. The van der Waals surface area contributed by atoms with Gasteiger partial charge >= 0.3 is 0 Å². The van der Waals surface area contributed by atoms with Crippen molar-refractivity contribution in [3.8, 4) is 0 Å². The Bertz CT molecular complexity index is 823. The van der Waals surface area contributed by atoms with Crippen LogP contribution in [0.3, 0.4) is 0 Å². The summed E-state index contributed by atoms with van der Waals surface area (Å²) in [5.74, 6) is 0.669. The molecule has 122 valence electrons. The minimum atomic E-state index is -0.154. The van der Waals surface area contributed by atoms with Crippen molar-refractivity contribution in [3.05, 3.63) is 70.7 Å². The molecule has 0 unspecified atom stereocenters. The van der Waals surface area contributed by atoms with Crippen molar-refractivity contribution < 1.29 is 4.79 Å². The normalized spacial score (nSPS) is 10.5. The zero-order chi connectivity index (χ0) is 16.8. The van der Waals surface area contributed by atoms with Crippen LogP contribution in [0.5, 0.6) is 0 Å². The van der Waals surface area contributed by atoms with Crippen LogP contribution in [0.25, 0.3) is 0 Å². The highest BCUT2D eigenvalue weighted by molar-refractivity contribution is 8.00. The largest absolute Gasteiger partial charge is 0.300 e. The van der Waals surface area contributed by atoms with Gasteiger partial charge in [-0.2, -0.15) is 0 Å². The molecule has 1 amide bonds. The van der Waals surface area contributed by atoms with Gasteiger partial charge in [0.2, 0.25) is 11.0 Å². The van der Waals surface area contributed by atoms with Crippen LogP contribution in [0.1, 0.15) is 11.1 Å². The molecule has 1 N–H and O–H groups in total. The summed E-state index contributed by atoms with van der Waals surface area (Å²) in [6.45, 7) is 0. The second-order valence-corrected chi connectivity index (χ2v) is 7.57. The van der Waals surface area contributed by atoms with E-state index in [-0.39, 0.29) is 12.3 Å². The summed E-state index contributed by atoms with van der Waals surface area (Å²) < 4.78 is 0.826. The van der Waals surface area contributed by atoms with Crippen molar-refractivity contribution in [2.24, 2.45) is 0 Å². The average Bonchev–Trinajstić information content (AvgIpc) is 3.03. The van der Waals surface area contributed by atoms with Crippen LogP contribution in [-0.2, 0) is 17.0 Å². The van der Waals surface area contributed by atoms with E-state index in [2.05, 4.69) is 27.6 Å². The van der Waals surface area contributed by atoms with Crippen molar-refractivity contribution in [1.82, 2.24) is 10.2 Å². The molecule has 0 aliphatic carbocycles. The van der Waals surface area contributed by atoms with Gasteiger partial charge in [0.1, 0.15) is 0 Å². The van der Waals surface area contributed by atoms with Crippen molar-refractivity contribution in [1.29, 1.82) is 0 Å². The second-order valence-electron chi connectivity index (χ2n) is 4.96. The highest BCUT2D eigenvalue weighted by Gasteiger charge is 2.11. The molecule has 0 spiro atoms. The first-order chi connectivity index (χ1) is 11.7. The minimum Gasteiger partial charge on any atom is -0.300 e. The van der Waals surface area contributed by atoms with Gasteiger partial charge in [0.05, 0.1) is 6.42 Å². The molecule has 0 saturated carbocycles. The second kappa shape index (κ2) is 8.28. The topological polar surface area (TPSA) is 54.9 Å². The van der Waals surface area contributed by atoms with Crippen LogP contribution in [0, 0.1) is 0 Å².